The third-order valence-electron chi connectivity index (χ3n) is 5.84. The molecule has 0 bridgehead atoms. The monoisotopic (exact) mass is 458 g/mol. The fourth-order valence-corrected chi connectivity index (χ4v) is 4.73. The van der Waals surface area contributed by atoms with Crippen molar-refractivity contribution in [2.75, 3.05) is 6.61 Å². The Morgan fingerprint density at radius 1 is 0.613 bits per heavy atom. The van der Waals surface area contributed by atoms with E-state index in [1.165, 1.54) is 83.5 Å². The number of hydrogen-bond donors (Lipinski definition) is 0. The Bertz CT molecular complexity index is 452. The molecular weight excluding hydrogens is 406 g/mol. The second-order valence-corrected chi connectivity index (χ2v) is 10.6. The molecule has 0 aliphatic rings. The van der Waals surface area contributed by atoms with Gasteiger partial charge < -0.3 is 1.43 Å². The van der Waals surface area contributed by atoms with E-state index in [2.05, 4.69) is 13.8 Å². The molecule has 184 valence electrons. The van der Waals surface area contributed by atoms with Crippen molar-refractivity contribution in [3.63, 3.8) is 0 Å². The van der Waals surface area contributed by atoms with Crippen LogP contribution in [0.5, 0.6) is 0 Å². The number of hydrogen-bond acceptors (Lipinski definition) is 3. The van der Waals surface area contributed by atoms with Crippen LogP contribution in [0.25, 0.3) is 0 Å². The van der Waals surface area contributed by atoms with Crippen LogP contribution in [0.3, 0.4) is 0 Å². The maximum absolute atomic E-state index is 14.0. The van der Waals surface area contributed by atoms with Gasteiger partial charge in [-0.1, -0.05) is 129 Å². The van der Waals surface area contributed by atoms with E-state index < -0.39 is 15.6 Å². The molecule has 0 aromatic rings. The van der Waals surface area contributed by atoms with Crippen LogP contribution >= 0.6 is 0 Å². The molecule has 0 spiro atoms. The molecule has 31 heavy (non-hydrogen) atoms. The minimum atomic E-state index is -4.04. The average Bonchev–Trinajstić information content (AvgIpc) is 2.73. The molecular formula is C25H52FLiO3S. The minimum Gasteiger partial charge on any atom is -1.00 e. The van der Waals surface area contributed by atoms with Crippen LogP contribution in [-0.4, -0.2) is 20.5 Å². The van der Waals surface area contributed by atoms with E-state index in [0.717, 1.165) is 32.1 Å². The summed E-state index contributed by atoms with van der Waals surface area (Å²) in [7, 11) is -4.04. The van der Waals surface area contributed by atoms with Crippen LogP contribution in [0.1, 0.15) is 150 Å². The Kier molecular flexibility index (Phi) is 27.2. The van der Waals surface area contributed by atoms with Gasteiger partial charge in [-0.25, -0.2) is 4.39 Å². The topological polar surface area (TPSA) is 43.4 Å². The summed E-state index contributed by atoms with van der Waals surface area (Å²) in [5.74, 6) is 0. The first-order valence-corrected chi connectivity index (χ1v) is 14.5. The smallest absolute Gasteiger partial charge is 1.00 e. The second kappa shape index (κ2) is 25.1. The van der Waals surface area contributed by atoms with Gasteiger partial charge in [0.1, 0.15) is 0 Å². The summed E-state index contributed by atoms with van der Waals surface area (Å²) in [5.41, 5.74) is -1.87. The van der Waals surface area contributed by atoms with Crippen molar-refractivity contribution in [1.82, 2.24) is 0 Å². The number of alkyl halides is 1. The molecule has 0 rings (SSSR count). The normalized spacial score (nSPS) is 12.6. The molecule has 0 heterocycles. The molecule has 0 radical (unpaired) electrons. The van der Waals surface area contributed by atoms with E-state index >= 15 is 0 Å². The summed E-state index contributed by atoms with van der Waals surface area (Å²) < 4.78 is 42.6. The largest absolute Gasteiger partial charge is 1.00 e. The Balaban J connectivity index is -0.00000420. The third kappa shape index (κ3) is 23.4. The van der Waals surface area contributed by atoms with Crippen LogP contribution in [0, 0.1) is 0 Å². The van der Waals surface area contributed by atoms with E-state index in [-0.39, 0.29) is 33.3 Å². The summed E-state index contributed by atoms with van der Waals surface area (Å²) in [6, 6.07) is 0. The molecule has 3 nitrogen and oxygen atoms in total. The van der Waals surface area contributed by atoms with Gasteiger partial charge in [-0.15, -0.1) is 0 Å². The van der Waals surface area contributed by atoms with Gasteiger partial charge in [0.15, 0.2) is 0 Å². The zero-order valence-electron chi connectivity index (χ0n) is 22.1. The Morgan fingerprint density at radius 3 is 1.32 bits per heavy atom. The average molecular weight is 459 g/mol. The first kappa shape index (κ1) is 33.6. The predicted octanol–water partition coefficient (Wildman–Crippen LogP) is 5.98. The fraction of sp³-hybridized carbons (Fsp3) is 1.00. The molecule has 6 heteroatoms. The van der Waals surface area contributed by atoms with Crippen molar-refractivity contribution in [2.24, 2.45) is 0 Å². The van der Waals surface area contributed by atoms with Crippen LogP contribution in [0.15, 0.2) is 0 Å². The van der Waals surface area contributed by atoms with Gasteiger partial charge >= 0.3 is 18.9 Å². The molecule has 1 atom stereocenters. The number of unbranched alkanes of at least 4 members (excludes halogenated alkanes) is 18. The molecule has 0 saturated heterocycles. The van der Waals surface area contributed by atoms with Gasteiger partial charge in [0.25, 0.3) is 10.1 Å². The van der Waals surface area contributed by atoms with Gasteiger partial charge in [-0.05, 0) is 19.3 Å². The summed E-state index contributed by atoms with van der Waals surface area (Å²) in [6.07, 6.45) is 23.5. The van der Waals surface area contributed by atoms with E-state index in [0.29, 0.717) is 12.8 Å². The minimum absolute atomic E-state index is 0. The van der Waals surface area contributed by atoms with Crippen LogP contribution in [0.2, 0.25) is 0 Å². The van der Waals surface area contributed by atoms with Crippen molar-refractivity contribution in [3.8, 4) is 0 Å². The number of rotatable bonds is 24. The SMILES string of the molecule is CCCCCCCCCCCCCCCOS(=O)(=O)C(F)CCCCCCCCC.[H-].[Li+]. The van der Waals surface area contributed by atoms with Crippen LogP contribution < -0.4 is 18.9 Å². The van der Waals surface area contributed by atoms with Crippen LogP contribution in [0.4, 0.5) is 4.39 Å². The van der Waals surface area contributed by atoms with Crippen LogP contribution in [-0.2, 0) is 14.3 Å². The summed E-state index contributed by atoms with van der Waals surface area (Å²) in [5, 5.41) is 0. The Morgan fingerprint density at radius 2 is 0.935 bits per heavy atom. The second-order valence-electron chi connectivity index (χ2n) is 8.88. The van der Waals surface area contributed by atoms with E-state index in [1.54, 1.807) is 0 Å². The standard InChI is InChI=1S/C25H51FO3S.Li.H/c1-3-5-7-9-11-12-13-14-15-16-18-20-22-24-29-30(27,28)25(26)23-21-19-17-10-8-6-4-2;;/h25H,3-24H2,1-2H3;;/q;+1;-1. The fourth-order valence-electron chi connectivity index (χ4n) is 3.78. The Labute approximate surface area is 207 Å². The van der Waals surface area contributed by atoms with Crippen molar-refractivity contribution >= 4 is 10.1 Å². The van der Waals surface area contributed by atoms with Gasteiger partial charge in [0.05, 0.1) is 6.61 Å². The zero-order valence-corrected chi connectivity index (χ0v) is 22.0. The maximum Gasteiger partial charge on any atom is 1.00 e. The van der Waals surface area contributed by atoms with Gasteiger partial charge in [0, 0.05) is 0 Å². The molecule has 0 fully saturated rings. The van der Waals surface area contributed by atoms with E-state index in [9.17, 15) is 12.8 Å². The van der Waals surface area contributed by atoms with Crippen molar-refractivity contribution in [1.29, 1.82) is 0 Å². The van der Waals surface area contributed by atoms with Gasteiger partial charge in [-0.3, -0.25) is 4.18 Å². The first-order valence-electron chi connectivity index (χ1n) is 13.1. The summed E-state index contributed by atoms with van der Waals surface area (Å²) >= 11 is 0. The summed E-state index contributed by atoms with van der Waals surface area (Å²) in [4.78, 5) is 0. The maximum atomic E-state index is 14.0. The summed E-state index contributed by atoms with van der Waals surface area (Å²) in [6.45, 7) is 4.55. The first-order chi connectivity index (χ1) is 14.5. The molecule has 0 aromatic carbocycles. The third-order valence-corrected chi connectivity index (χ3v) is 7.20. The Hall–Kier alpha value is 0.437. The molecule has 0 aromatic heterocycles. The van der Waals surface area contributed by atoms with Crippen molar-refractivity contribution < 1.29 is 37.3 Å². The zero-order chi connectivity index (χ0) is 22.3. The number of halogens is 1. The molecule has 0 aliphatic carbocycles. The predicted molar refractivity (Wildman–Crippen MR) is 129 cm³/mol. The van der Waals surface area contributed by atoms with E-state index in [1.807, 2.05) is 0 Å². The molecule has 0 N–H and O–H groups in total. The van der Waals surface area contributed by atoms with E-state index in [4.69, 9.17) is 4.18 Å². The van der Waals surface area contributed by atoms with Crippen molar-refractivity contribution in [3.05, 3.63) is 0 Å². The van der Waals surface area contributed by atoms with Gasteiger partial charge in [-0.2, -0.15) is 8.42 Å². The molecule has 1 unspecified atom stereocenters. The van der Waals surface area contributed by atoms with Crippen molar-refractivity contribution in [2.45, 2.75) is 154 Å². The molecule has 0 saturated carbocycles. The quantitative estimate of drug-likeness (QED) is 0.102. The van der Waals surface area contributed by atoms with Gasteiger partial charge in [0.2, 0.25) is 5.50 Å². The molecule has 0 aliphatic heterocycles. The molecule has 0 amide bonds.